The molecule has 6 rings (SSSR count). The van der Waals surface area contributed by atoms with E-state index in [1.807, 2.05) is 56.3 Å². The van der Waals surface area contributed by atoms with E-state index in [2.05, 4.69) is 47.4 Å². The van der Waals surface area contributed by atoms with Crippen LogP contribution in [0.4, 0.5) is 19.0 Å². The van der Waals surface area contributed by atoms with E-state index in [0.29, 0.717) is 39.2 Å². The summed E-state index contributed by atoms with van der Waals surface area (Å²) in [5, 5.41) is 16.3. The zero-order valence-electron chi connectivity index (χ0n) is 24.6. The number of benzene rings is 3. The van der Waals surface area contributed by atoms with Crippen LogP contribution < -0.4 is 11.3 Å². The van der Waals surface area contributed by atoms with Crippen molar-refractivity contribution in [3.05, 3.63) is 94.2 Å². The minimum atomic E-state index is -5.08. The van der Waals surface area contributed by atoms with Gasteiger partial charge in [-0.25, -0.2) is 14.5 Å². The van der Waals surface area contributed by atoms with E-state index in [1.54, 1.807) is 15.3 Å². The summed E-state index contributed by atoms with van der Waals surface area (Å²) in [7, 11) is 4.12. The fourth-order valence-corrected chi connectivity index (χ4v) is 4.95. The zero-order valence-corrected chi connectivity index (χ0v) is 24.6. The Kier molecular flexibility index (Phi) is 8.17. The number of aryl methyl sites for hydroxylation is 2. The average Bonchev–Trinajstić information content (AvgIpc) is 3.52. The Morgan fingerprint density at radius 1 is 1.02 bits per heavy atom. The van der Waals surface area contributed by atoms with Crippen molar-refractivity contribution >= 4 is 33.8 Å². The molecule has 3 aromatic carbocycles. The summed E-state index contributed by atoms with van der Waals surface area (Å²) in [6.07, 6.45) is -5.08. The normalized spacial score (nSPS) is 11.6. The number of carboxylic acids is 1. The first-order valence-electron chi connectivity index (χ1n) is 13.5. The topological polar surface area (TPSA) is 145 Å². The summed E-state index contributed by atoms with van der Waals surface area (Å²) in [6.45, 7) is 4.52. The molecule has 0 fully saturated rings. The van der Waals surface area contributed by atoms with Gasteiger partial charge in [-0.15, -0.1) is 0 Å². The van der Waals surface area contributed by atoms with Gasteiger partial charge in [0.25, 0.3) is 5.56 Å². The summed E-state index contributed by atoms with van der Waals surface area (Å²) < 4.78 is 40.2. The van der Waals surface area contributed by atoms with Gasteiger partial charge in [-0.2, -0.15) is 18.3 Å². The molecule has 0 spiro atoms. The fourth-order valence-electron chi connectivity index (χ4n) is 4.95. The lowest BCUT2D eigenvalue weighted by Crippen LogP contribution is -2.24. The van der Waals surface area contributed by atoms with Gasteiger partial charge in [0, 0.05) is 6.54 Å². The van der Waals surface area contributed by atoms with Gasteiger partial charge in [0.05, 0.1) is 22.5 Å². The van der Waals surface area contributed by atoms with E-state index in [0.717, 1.165) is 17.8 Å². The smallest absolute Gasteiger partial charge is 0.475 e. The van der Waals surface area contributed by atoms with Crippen molar-refractivity contribution in [2.75, 3.05) is 19.8 Å². The number of nitrogens with two attached hydrogens (primary N) is 1. The Balaban J connectivity index is 0.000000515. The lowest BCUT2D eigenvalue weighted by Gasteiger charge is -2.15. The number of aliphatic carboxylic acids is 1. The third-order valence-corrected chi connectivity index (χ3v) is 6.94. The van der Waals surface area contributed by atoms with E-state index < -0.39 is 12.1 Å². The average molecular weight is 620 g/mol. The van der Waals surface area contributed by atoms with Crippen LogP contribution in [0.3, 0.4) is 0 Å². The van der Waals surface area contributed by atoms with Crippen molar-refractivity contribution in [2.45, 2.75) is 26.6 Å². The molecule has 0 aliphatic heterocycles. The molecule has 0 atom stereocenters. The number of anilines is 1. The standard InChI is InChI=1S/C29H27N7O2.C2HF3O2/c1-17-26-27(36(32-17)22-13-14-25-24(15-22)28(30)33-38-25)29(37)35(18(2)31-26)21-11-9-19(10-12-21)23-8-6-5-7-20(23)16-34(3)4;3-2(4,5)1(6)7/h5-15H,16H2,1-4H3,(H2,30,33);(H,6,7). The monoisotopic (exact) mass is 619 g/mol. The molecule has 6 aromatic rings. The van der Waals surface area contributed by atoms with Crippen molar-refractivity contribution in [1.29, 1.82) is 0 Å². The predicted molar refractivity (Wildman–Crippen MR) is 162 cm³/mol. The lowest BCUT2D eigenvalue weighted by molar-refractivity contribution is -0.192. The summed E-state index contributed by atoms with van der Waals surface area (Å²) in [6, 6.07) is 21.8. The van der Waals surface area contributed by atoms with Crippen LogP contribution in [0.25, 0.3) is 44.5 Å². The molecule has 3 heterocycles. The second-order valence-electron chi connectivity index (χ2n) is 10.5. The van der Waals surface area contributed by atoms with Crippen LogP contribution in [0.2, 0.25) is 0 Å². The number of alkyl halides is 3. The molecule has 0 radical (unpaired) electrons. The molecule has 45 heavy (non-hydrogen) atoms. The molecule has 0 bridgehead atoms. The number of rotatable bonds is 5. The molecule has 0 aliphatic rings. The molecule has 3 aromatic heterocycles. The first-order chi connectivity index (χ1) is 21.3. The van der Waals surface area contributed by atoms with Gasteiger partial charge in [-0.05, 0) is 75.0 Å². The maximum absolute atomic E-state index is 14.0. The molecule has 0 aliphatic carbocycles. The SMILES string of the molecule is Cc1nn(-c2ccc3onc(N)c3c2)c2c(=O)n(-c3ccc(-c4ccccc4CN(C)C)cc3)c(C)nc12.O=C(O)C(F)(F)F. The molecule has 0 amide bonds. The quantitative estimate of drug-likeness (QED) is 0.263. The highest BCUT2D eigenvalue weighted by Gasteiger charge is 2.38. The minimum Gasteiger partial charge on any atom is -0.475 e. The van der Waals surface area contributed by atoms with E-state index in [-0.39, 0.29) is 11.4 Å². The van der Waals surface area contributed by atoms with E-state index in [4.69, 9.17) is 25.1 Å². The van der Waals surface area contributed by atoms with E-state index in [9.17, 15) is 18.0 Å². The molecule has 3 N–H and O–H groups in total. The van der Waals surface area contributed by atoms with Crippen LogP contribution in [-0.2, 0) is 11.3 Å². The molecule has 0 saturated heterocycles. The van der Waals surface area contributed by atoms with Crippen LogP contribution in [0.15, 0.2) is 76.0 Å². The second kappa shape index (κ2) is 11.9. The molecular weight excluding hydrogens is 591 g/mol. The van der Waals surface area contributed by atoms with Crippen LogP contribution >= 0.6 is 0 Å². The number of nitrogens with zero attached hydrogens (tertiary/aromatic N) is 6. The maximum Gasteiger partial charge on any atom is 0.490 e. The molecular formula is C31H28F3N7O4. The number of carbonyl (C=O) groups is 1. The highest BCUT2D eigenvalue weighted by molar-refractivity contribution is 5.89. The van der Waals surface area contributed by atoms with Crippen molar-refractivity contribution in [1.82, 2.24) is 29.4 Å². The Labute approximate surface area is 253 Å². The summed E-state index contributed by atoms with van der Waals surface area (Å²) in [5.41, 5.74) is 12.9. The summed E-state index contributed by atoms with van der Waals surface area (Å²) >= 11 is 0. The Morgan fingerprint density at radius 2 is 1.67 bits per heavy atom. The molecule has 232 valence electrons. The third-order valence-electron chi connectivity index (χ3n) is 6.94. The van der Waals surface area contributed by atoms with Crippen LogP contribution in [0, 0.1) is 13.8 Å². The zero-order chi connectivity index (χ0) is 32.6. The van der Waals surface area contributed by atoms with Crippen molar-refractivity contribution in [2.24, 2.45) is 0 Å². The fraction of sp³-hybridized carbons (Fsp3) is 0.194. The van der Waals surface area contributed by atoms with Gasteiger partial charge >= 0.3 is 12.1 Å². The summed E-state index contributed by atoms with van der Waals surface area (Å²) in [5.74, 6) is -1.88. The largest absolute Gasteiger partial charge is 0.490 e. The first kappa shape index (κ1) is 30.9. The number of nitrogen functional groups attached to an aromatic ring is 1. The number of hydrogen-bond acceptors (Lipinski definition) is 8. The highest BCUT2D eigenvalue weighted by Crippen LogP contribution is 2.28. The minimum absolute atomic E-state index is 0.202. The summed E-state index contributed by atoms with van der Waals surface area (Å²) in [4.78, 5) is 29.8. The van der Waals surface area contributed by atoms with Crippen LogP contribution in [0.1, 0.15) is 17.1 Å². The highest BCUT2D eigenvalue weighted by atomic mass is 19.4. The van der Waals surface area contributed by atoms with Gasteiger partial charge < -0.3 is 20.3 Å². The Morgan fingerprint density at radius 3 is 2.31 bits per heavy atom. The van der Waals surface area contributed by atoms with Crippen molar-refractivity contribution in [3.8, 4) is 22.5 Å². The first-order valence-corrected chi connectivity index (χ1v) is 13.5. The number of halogens is 3. The number of hydrogen-bond donors (Lipinski definition) is 2. The molecule has 0 saturated carbocycles. The van der Waals surface area contributed by atoms with Gasteiger partial charge in [-0.1, -0.05) is 41.6 Å². The lowest BCUT2D eigenvalue weighted by atomic mass is 9.99. The van der Waals surface area contributed by atoms with E-state index >= 15 is 0 Å². The number of carboxylic acid groups (broad SMARTS) is 1. The van der Waals surface area contributed by atoms with Gasteiger partial charge in [0.15, 0.2) is 16.9 Å². The van der Waals surface area contributed by atoms with Crippen LogP contribution in [-0.4, -0.2) is 60.7 Å². The van der Waals surface area contributed by atoms with Crippen molar-refractivity contribution in [3.63, 3.8) is 0 Å². The predicted octanol–water partition coefficient (Wildman–Crippen LogP) is 5.27. The van der Waals surface area contributed by atoms with Gasteiger partial charge in [-0.3, -0.25) is 9.36 Å². The number of fused-ring (bicyclic) bond motifs is 2. The van der Waals surface area contributed by atoms with Gasteiger partial charge in [0.1, 0.15) is 11.3 Å². The molecule has 0 unspecified atom stereocenters. The van der Waals surface area contributed by atoms with Crippen LogP contribution in [0.5, 0.6) is 0 Å². The van der Waals surface area contributed by atoms with Gasteiger partial charge in [0.2, 0.25) is 0 Å². The third kappa shape index (κ3) is 6.13. The maximum atomic E-state index is 14.0. The molecule has 11 nitrogen and oxygen atoms in total. The second-order valence-corrected chi connectivity index (χ2v) is 10.5. The van der Waals surface area contributed by atoms with E-state index in [1.165, 1.54) is 11.1 Å². The Hall–Kier alpha value is -5.50. The molecule has 14 heteroatoms. The number of aromatic nitrogens is 5. The Bertz CT molecular complexity index is 2100. The van der Waals surface area contributed by atoms with Crippen molar-refractivity contribution < 1.29 is 27.6 Å².